The van der Waals surface area contributed by atoms with Gasteiger partial charge < -0.3 is 14.5 Å². The van der Waals surface area contributed by atoms with E-state index >= 15 is 0 Å². The Labute approximate surface area is 135 Å². The molecule has 1 aromatic rings. The van der Waals surface area contributed by atoms with Gasteiger partial charge in [-0.3, -0.25) is 9.36 Å². The molecule has 1 aliphatic heterocycles. The molecule has 8 nitrogen and oxygen atoms in total. The summed E-state index contributed by atoms with van der Waals surface area (Å²) in [5.41, 5.74) is -0.265. The van der Waals surface area contributed by atoms with Crippen LogP contribution < -0.4 is 5.69 Å². The lowest BCUT2D eigenvalue weighted by Crippen LogP contribution is -2.49. The van der Waals surface area contributed by atoms with E-state index in [0.717, 1.165) is 19.6 Å². The highest BCUT2D eigenvalue weighted by Crippen LogP contribution is 2.30. The number of likely N-dealkylation sites (N-methyl/N-ethyl adjacent to an activating group) is 1. The van der Waals surface area contributed by atoms with Crippen molar-refractivity contribution in [2.24, 2.45) is 13.0 Å². The van der Waals surface area contributed by atoms with Crippen LogP contribution >= 0.6 is 0 Å². The lowest BCUT2D eigenvalue weighted by Gasteiger charge is -2.34. The average molecular weight is 323 g/mol. The van der Waals surface area contributed by atoms with Crippen molar-refractivity contribution in [1.82, 2.24) is 24.1 Å². The maximum Gasteiger partial charge on any atom is 0.345 e. The summed E-state index contributed by atoms with van der Waals surface area (Å²) >= 11 is 0. The summed E-state index contributed by atoms with van der Waals surface area (Å²) in [4.78, 5) is 28.6. The van der Waals surface area contributed by atoms with Crippen LogP contribution in [0.1, 0.15) is 12.8 Å². The zero-order valence-electron chi connectivity index (χ0n) is 13.8. The molecule has 0 aromatic carbocycles. The molecule has 1 unspecified atom stereocenters. The predicted octanol–water partition coefficient (Wildman–Crippen LogP) is -0.849. The second-order valence-corrected chi connectivity index (χ2v) is 6.68. The first kappa shape index (κ1) is 16.2. The van der Waals surface area contributed by atoms with Crippen molar-refractivity contribution in [3.8, 4) is 0 Å². The minimum Gasteiger partial charge on any atom is -0.374 e. The van der Waals surface area contributed by atoms with E-state index in [4.69, 9.17) is 4.74 Å². The first-order valence-electron chi connectivity index (χ1n) is 8.19. The molecule has 2 heterocycles. The van der Waals surface area contributed by atoms with Crippen molar-refractivity contribution in [3.63, 3.8) is 0 Å². The van der Waals surface area contributed by atoms with Crippen LogP contribution in [0.25, 0.3) is 0 Å². The van der Waals surface area contributed by atoms with Gasteiger partial charge in [-0.1, -0.05) is 0 Å². The van der Waals surface area contributed by atoms with E-state index in [2.05, 4.69) is 17.0 Å². The standard InChI is InChI=1S/C15H25N5O3/c1-17-5-6-23-13(8-17)9-19(7-12-3-4-12)14(21)10-20-15(22)18(2)11-16-20/h11-13H,3-10H2,1-2H3. The molecular formula is C15H25N5O3. The molecule has 3 rings (SSSR count). The van der Waals surface area contributed by atoms with Gasteiger partial charge in [-0.05, 0) is 25.8 Å². The lowest BCUT2D eigenvalue weighted by atomic mass is 10.2. The van der Waals surface area contributed by atoms with Gasteiger partial charge in [0, 0.05) is 33.2 Å². The zero-order chi connectivity index (χ0) is 16.4. The number of aromatic nitrogens is 3. The average Bonchev–Trinajstić information content (AvgIpc) is 3.28. The van der Waals surface area contributed by atoms with Crippen molar-refractivity contribution in [2.45, 2.75) is 25.5 Å². The summed E-state index contributed by atoms with van der Waals surface area (Å²) < 4.78 is 8.38. The van der Waals surface area contributed by atoms with Crippen LogP contribution in [0.4, 0.5) is 0 Å². The molecule has 1 saturated heterocycles. The van der Waals surface area contributed by atoms with E-state index in [0.29, 0.717) is 19.1 Å². The molecule has 1 saturated carbocycles. The fraction of sp³-hybridized carbons (Fsp3) is 0.800. The van der Waals surface area contributed by atoms with Crippen molar-refractivity contribution < 1.29 is 9.53 Å². The Hall–Kier alpha value is -1.67. The van der Waals surface area contributed by atoms with Gasteiger partial charge in [0.25, 0.3) is 0 Å². The third kappa shape index (κ3) is 4.20. The Morgan fingerprint density at radius 3 is 2.78 bits per heavy atom. The molecule has 2 aliphatic rings. The molecule has 1 atom stereocenters. The summed E-state index contributed by atoms with van der Waals surface area (Å²) in [6, 6.07) is 0. The zero-order valence-corrected chi connectivity index (χ0v) is 13.8. The van der Waals surface area contributed by atoms with E-state index in [9.17, 15) is 9.59 Å². The quantitative estimate of drug-likeness (QED) is 0.682. The fourth-order valence-corrected chi connectivity index (χ4v) is 2.87. The molecule has 2 fully saturated rings. The smallest absolute Gasteiger partial charge is 0.345 e. The van der Waals surface area contributed by atoms with Crippen LogP contribution in [0.5, 0.6) is 0 Å². The van der Waals surface area contributed by atoms with Crippen molar-refractivity contribution in [1.29, 1.82) is 0 Å². The van der Waals surface area contributed by atoms with E-state index in [1.807, 2.05) is 4.90 Å². The summed E-state index contributed by atoms with van der Waals surface area (Å²) in [5.74, 6) is 0.537. The molecule has 0 N–H and O–H groups in total. The number of carbonyl (C=O) groups excluding carboxylic acids is 1. The first-order valence-corrected chi connectivity index (χ1v) is 8.19. The van der Waals surface area contributed by atoms with Crippen LogP contribution in [0.3, 0.4) is 0 Å². The normalized spacial score (nSPS) is 22.3. The summed E-state index contributed by atoms with van der Waals surface area (Å²) in [7, 11) is 3.69. The minimum atomic E-state index is -0.265. The van der Waals surface area contributed by atoms with Gasteiger partial charge in [0.1, 0.15) is 12.9 Å². The fourth-order valence-electron chi connectivity index (χ4n) is 2.87. The lowest BCUT2D eigenvalue weighted by molar-refractivity contribution is -0.135. The molecule has 0 bridgehead atoms. The molecule has 128 valence electrons. The molecule has 1 aromatic heterocycles. The monoisotopic (exact) mass is 323 g/mol. The van der Waals surface area contributed by atoms with Crippen LogP contribution in [0.15, 0.2) is 11.1 Å². The van der Waals surface area contributed by atoms with Crippen LogP contribution in [0, 0.1) is 5.92 Å². The number of morpholine rings is 1. The SMILES string of the molecule is CN1CCOC(CN(CC2CC2)C(=O)Cn2ncn(C)c2=O)C1. The highest BCUT2D eigenvalue weighted by Gasteiger charge is 2.30. The molecule has 1 aliphatic carbocycles. The Morgan fingerprint density at radius 2 is 2.17 bits per heavy atom. The van der Waals surface area contributed by atoms with Gasteiger partial charge in [-0.15, -0.1) is 0 Å². The van der Waals surface area contributed by atoms with Gasteiger partial charge in [0.15, 0.2) is 0 Å². The van der Waals surface area contributed by atoms with Gasteiger partial charge in [0.2, 0.25) is 5.91 Å². The topological polar surface area (TPSA) is 72.6 Å². The summed E-state index contributed by atoms with van der Waals surface area (Å²) in [6.07, 6.45) is 3.83. The number of amides is 1. The molecule has 8 heteroatoms. The number of carbonyl (C=O) groups is 1. The van der Waals surface area contributed by atoms with Crippen molar-refractivity contribution >= 4 is 5.91 Å². The van der Waals surface area contributed by atoms with Crippen LogP contribution in [-0.2, 0) is 23.1 Å². The molecule has 0 radical (unpaired) electrons. The van der Waals surface area contributed by atoms with Crippen LogP contribution in [-0.4, -0.2) is 76.0 Å². The Balaban J connectivity index is 1.63. The maximum absolute atomic E-state index is 12.6. The number of ether oxygens (including phenoxy) is 1. The number of hydrogen-bond acceptors (Lipinski definition) is 5. The number of aryl methyl sites for hydroxylation is 1. The Bertz CT molecular complexity index is 606. The third-order valence-electron chi connectivity index (χ3n) is 4.47. The Kier molecular flexibility index (Phi) is 4.82. The van der Waals surface area contributed by atoms with Gasteiger partial charge in [-0.25, -0.2) is 9.48 Å². The summed E-state index contributed by atoms with van der Waals surface area (Å²) in [6.45, 7) is 3.79. The highest BCUT2D eigenvalue weighted by molar-refractivity contribution is 5.76. The van der Waals surface area contributed by atoms with E-state index < -0.39 is 0 Å². The number of hydrogen-bond donors (Lipinski definition) is 0. The van der Waals surface area contributed by atoms with E-state index in [-0.39, 0.29) is 24.2 Å². The first-order chi connectivity index (χ1) is 11.0. The third-order valence-corrected chi connectivity index (χ3v) is 4.47. The van der Waals surface area contributed by atoms with Gasteiger partial charge in [-0.2, -0.15) is 5.10 Å². The number of rotatable bonds is 6. The summed E-state index contributed by atoms with van der Waals surface area (Å²) in [5, 5.41) is 3.97. The molecule has 1 amide bonds. The highest BCUT2D eigenvalue weighted by atomic mass is 16.5. The Morgan fingerprint density at radius 1 is 1.39 bits per heavy atom. The molecular weight excluding hydrogens is 298 g/mol. The van der Waals surface area contributed by atoms with E-state index in [1.165, 1.54) is 28.4 Å². The predicted molar refractivity (Wildman–Crippen MR) is 84.0 cm³/mol. The van der Waals surface area contributed by atoms with Crippen LogP contribution in [0.2, 0.25) is 0 Å². The van der Waals surface area contributed by atoms with E-state index in [1.54, 1.807) is 7.05 Å². The van der Waals surface area contributed by atoms with Crippen molar-refractivity contribution in [2.75, 3.05) is 39.8 Å². The number of nitrogens with zero attached hydrogens (tertiary/aromatic N) is 5. The molecule has 23 heavy (non-hydrogen) atoms. The second-order valence-electron chi connectivity index (χ2n) is 6.68. The minimum absolute atomic E-state index is 0.00501. The van der Waals surface area contributed by atoms with Crippen molar-refractivity contribution in [3.05, 3.63) is 16.8 Å². The second kappa shape index (κ2) is 6.84. The maximum atomic E-state index is 12.6. The van der Waals surface area contributed by atoms with Gasteiger partial charge >= 0.3 is 5.69 Å². The molecule has 0 spiro atoms. The largest absolute Gasteiger partial charge is 0.374 e. The van der Waals surface area contributed by atoms with Gasteiger partial charge in [0.05, 0.1) is 12.7 Å².